The molecule has 0 radical (unpaired) electrons. The molecule has 8 heteroatoms. The van der Waals surface area contributed by atoms with Gasteiger partial charge in [0.25, 0.3) is 0 Å². The number of aliphatic hydroxyl groups excluding tert-OH is 1. The predicted molar refractivity (Wildman–Crippen MR) is 63.1 cm³/mol. The number of nitrogens with two attached hydrogens (primary N) is 1. The average Bonchev–Trinajstić information content (AvgIpc) is 2.92. The minimum Gasteiger partial charge on any atom is -0.389 e. The molecule has 3 atom stereocenters. The lowest BCUT2D eigenvalue weighted by molar-refractivity contribution is 0.0140. The van der Waals surface area contributed by atoms with Crippen LogP contribution in [0.5, 0.6) is 0 Å². The van der Waals surface area contributed by atoms with Gasteiger partial charge in [0.05, 0.1) is 12.4 Å². The second-order valence-corrected chi connectivity index (χ2v) is 4.18. The van der Waals surface area contributed by atoms with E-state index >= 15 is 0 Å². The smallest absolute Gasteiger partial charge is 0.312 e. The number of ether oxygens (including phenoxy) is 1. The molecule has 19 heavy (non-hydrogen) atoms. The molecule has 2 aromatic heterocycles. The van der Waals surface area contributed by atoms with E-state index in [2.05, 4.69) is 20.9 Å². The Morgan fingerprint density at radius 3 is 3.05 bits per heavy atom. The van der Waals surface area contributed by atoms with Crippen molar-refractivity contribution in [2.75, 3.05) is 5.73 Å². The summed E-state index contributed by atoms with van der Waals surface area (Å²) in [7, 11) is 0. The highest BCUT2D eigenvalue weighted by Crippen LogP contribution is 2.31. The third-order valence-corrected chi connectivity index (χ3v) is 2.99. The van der Waals surface area contributed by atoms with E-state index in [4.69, 9.17) is 16.9 Å². The van der Waals surface area contributed by atoms with Gasteiger partial charge >= 0.3 is 6.08 Å². The van der Waals surface area contributed by atoms with E-state index in [1.165, 1.54) is 10.9 Å². The highest BCUT2D eigenvalue weighted by Gasteiger charge is 2.34. The van der Waals surface area contributed by atoms with Crippen LogP contribution in [0.25, 0.3) is 11.2 Å². The SMILES string of the molecule is C#CC1OC(n2cnc3c(N)nc(F)nc32)CC1O. The molecule has 1 fully saturated rings. The first-order valence-electron chi connectivity index (χ1n) is 5.55. The molecule has 0 amide bonds. The zero-order chi connectivity index (χ0) is 13.6. The fourth-order valence-electron chi connectivity index (χ4n) is 2.10. The molecule has 1 aliphatic heterocycles. The topological polar surface area (TPSA) is 99.1 Å². The molecule has 0 bridgehead atoms. The van der Waals surface area contributed by atoms with Crippen molar-refractivity contribution in [3.05, 3.63) is 12.4 Å². The van der Waals surface area contributed by atoms with Crippen molar-refractivity contribution in [1.29, 1.82) is 0 Å². The Hall–Kier alpha value is -2.24. The third-order valence-electron chi connectivity index (χ3n) is 2.99. The maximum absolute atomic E-state index is 13.2. The molecule has 0 spiro atoms. The van der Waals surface area contributed by atoms with Crippen LogP contribution in [0.2, 0.25) is 0 Å². The van der Waals surface area contributed by atoms with Gasteiger partial charge in [-0.25, -0.2) is 4.98 Å². The van der Waals surface area contributed by atoms with Crippen LogP contribution >= 0.6 is 0 Å². The number of hydrogen-bond acceptors (Lipinski definition) is 6. The Morgan fingerprint density at radius 1 is 1.58 bits per heavy atom. The zero-order valence-electron chi connectivity index (χ0n) is 9.69. The van der Waals surface area contributed by atoms with Gasteiger partial charge in [-0.05, 0) is 0 Å². The standard InChI is InChI=1S/C11H10FN5O2/c1-2-6-5(18)3-7(19-6)17-4-14-8-9(13)15-11(12)16-10(8)17/h1,4-7,18H,3H2,(H2,13,15,16). The predicted octanol–water partition coefficient (Wildman–Crippen LogP) is -0.171. The number of aliphatic hydroxyl groups is 1. The van der Waals surface area contributed by atoms with Crippen molar-refractivity contribution in [2.45, 2.75) is 24.9 Å². The van der Waals surface area contributed by atoms with Crippen molar-refractivity contribution in [3.8, 4) is 12.3 Å². The second-order valence-electron chi connectivity index (χ2n) is 4.18. The molecule has 0 saturated carbocycles. The van der Waals surface area contributed by atoms with Gasteiger partial charge in [-0.3, -0.25) is 4.57 Å². The largest absolute Gasteiger partial charge is 0.389 e. The van der Waals surface area contributed by atoms with Crippen LogP contribution in [0.15, 0.2) is 6.33 Å². The summed E-state index contributed by atoms with van der Waals surface area (Å²) in [5.74, 6) is 2.29. The van der Waals surface area contributed by atoms with Crippen molar-refractivity contribution >= 4 is 17.0 Å². The molecule has 3 N–H and O–H groups in total. The lowest BCUT2D eigenvalue weighted by Crippen LogP contribution is -2.17. The average molecular weight is 263 g/mol. The molecule has 3 heterocycles. The minimum atomic E-state index is -0.946. The summed E-state index contributed by atoms with van der Waals surface area (Å²) < 4.78 is 20.1. The van der Waals surface area contributed by atoms with Gasteiger partial charge in [0.2, 0.25) is 0 Å². The van der Waals surface area contributed by atoms with Crippen LogP contribution in [0.1, 0.15) is 12.6 Å². The molecular formula is C11H10FN5O2. The number of rotatable bonds is 1. The fraction of sp³-hybridized carbons (Fsp3) is 0.364. The maximum atomic E-state index is 13.2. The quantitative estimate of drug-likeness (QED) is 0.547. The number of imidazole rings is 1. The Labute approximate surface area is 107 Å². The number of anilines is 1. The monoisotopic (exact) mass is 263 g/mol. The van der Waals surface area contributed by atoms with Crippen LogP contribution < -0.4 is 5.73 Å². The first-order valence-corrected chi connectivity index (χ1v) is 5.55. The number of fused-ring (bicyclic) bond motifs is 1. The number of nitrogen functional groups attached to an aromatic ring is 1. The maximum Gasteiger partial charge on any atom is 0.312 e. The molecule has 3 unspecified atom stereocenters. The van der Waals surface area contributed by atoms with Gasteiger partial charge < -0.3 is 15.6 Å². The Bertz CT molecular complexity index is 680. The van der Waals surface area contributed by atoms with Crippen molar-refractivity contribution in [1.82, 2.24) is 19.5 Å². The van der Waals surface area contributed by atoms with E-state index in [-0.39, 0.29) is 23.4 Å². The van der Waals surface area contributed by atoms with Crippen molar-refractivity contribution in [3.63, 3.8) is 0 Å². The number of aromatic nitrogens is 4. The van der Waals surface area contributed by atoms with Gasteiger partial charge in [-0.15, -0.1) is 6.42 Å². The van der Waals surface area contributed by atoms with Crippen molar-refractivity contribution in [2.24, 2.45) is 0 Å². The van der Waals surface area contributed by atoms with Gasteiger partial charge in [0, 0.05) is 6.42 Å². The van der Waals surface area contributed by atoms with Gasteiger partial charge in [-0.1, -0.05) is 5.92 Å². The second kappa shape index (κ2) is 4.15. The summed E-state index contributed by atoms with van der Waals surface area (Å²) >= 11 is 0. The van der Waals surface area contributed by atoms with Crippen LogP contribution in [0.4, 0.5) is 10.2 Å². The highest BCUT2D eigenvalue weighted by molar-refractivity contribution is 5.81. The van der Waals surface area contributed by atoms with Gasteiger partial charge in [0.1, 0.15) is 12.3 Å². The molecule has 0 aliphatic carbocycles. The Balaban J connectivity index is 2.05. The van der Waals surface area contributed by atoms with Crippen molar-refractivity contribution < 1.29 is 14.2 Å². The molecular weight excluding hydrogens is 253 g/mol. The van der Waals surface area contributed by atoms with Crippen LogP contribution in [-0.4, -0.2) is 36.8 Å². The van der Waals surface area contributed by atoms with E-state index in [1.54, 1.807) is 0 Å². The molecule has 98 valence electrons. The Kier molecular flexibility index (Phi) is 2.58. The summed E-state index contributed by atoms with van der Waals surface area (Å²) in [6.07, 6.45) is 3.92. The van der Waals surface area contributed by atoms with E-state index in [1.807, 2.05) is 0 Å². The normalized spacial score (nSPS) is 26.7. The molecule has 3 rings (SSSR count). The lowest BCUT2D eigenvalue weighted by atomic mass is 10.2. The Morgan fingerprint density at radius 2 is 2.37 bits per heavy atom. The number of terminal acetylenes is 1. The third kappa shape index (κ3) is 1.80. The first-order chi connectivity index (χ1) is 9.10. The molecule has 7 nitrogen and oxygen atoms in total. The summed E-state index contributed by atoms with van der Waals surface area (Å²) in [4.78, 5) is 11.0. The van der Waals surface area contributed by atoms with E-state index in [0.717, 1.165) is 0 Å². The van der Waals surface area contributed by atoms with E-state index < -0.39 is 24.5 Å². The van der Waals surface area contributed by atoms with Crippen LogP contribution in [-0.2, 0) is 4.74 Å². The summed E-state index contributed by atoms with van der Waals surface area (Å²) in [6, 6.07) is 0. The summed E-state index contributed by atoms with van der Waals surface area (Å²) in [5.41, 5.74) is 6.05. The van der Waals surface area contributed by atoms with Crippen LogP contribution in [0, 0.1) is 18.4 Å². The van der Waals surface area contributed by atoms with E-state index in [0.29, 0.717) is 0 Å². The fourth-order valence-corrected chi connectivity index (χ4v) is 2.10. The molecule has 1 saturated heterocycles. The van der Waals surface area contributed by atoms with E-state index in [9.17, 15) is 9.50 Å². The summed E-state index contributed by atoms with van der Waals surface area (Å²) in [5, 5.41) is 9.71. The molecule has 2 aromatic rings. The first kappa shape index (κ1) is 11.8. The number of hydrogen-bond donors (Lipinski definition) is 2. The number of halogens is 1. The number of nitrogens with zero attached hydrogens (tertiary/aromatic N) is 4. The lowest BCUT2D eigenvalue weighted by Gasteiger charge is -2.12. The zero-order valence-corrected chi connectivity index (χ0v) is 9.69. The van der Waals surface area contributed by atoms with Crippen LogP contribution in [0.3, 0.4) is 0 Å². The molecule has 1 aliphatic rings. The highest BCUT2D eigenvalue weighted by atomic mass is 19.1. The van der Waals surface area contributed by atoms with Gasteiger partial charge in [0.15, 0.2) is 17.0 Å². The minimum absolute atomic E-state index is 0.0479. The summed E-state index contributed by atoms with van der Waals surface area (Å²) in [6.45, 7) is 0. The molecule has 0 aromatic carbocycles. The van der Waals surface area contributed by atoms with Gasteiger partial charge in [-0.2, -0.15) is 14.4 Å².